The quantitative estimate of drug-likeness (QED) is 0.736. The molecule has 1 saturated heterocycles. The van der Waals surface area contributed by atoms with Crippen molar-refractivity contribution in [2.24, 2.45) is 0 Å². The molecular weight excluding hydrogens is 246 g/mol. The molecule has 0 spiro atoms. The van der Waals surface area contributed by atoms with Gasteiger partial charge in [-0.2, -0.15) is 4.98 Å². The van der Waals surface area contributed by atoms with E-state index in [1.165, 1.54) is 0 Å². The second kappa shape index (κ2) is 6.63. The first-order valence-electron chi connectivity index (χ1n) is 6.68. The van der Waals surface area contributed by atoms with Gasteiger partial charge in [0.25, 0.3) is 0 Å². The standard InChI is InChI=1S/C12H21N5O2/c1-9(17-7-5-13-6-8-17)12(18)14-4-3-11-15-10(2)19-16-11/h9,13H,3-8H2,1-2H3,(H,14,18). The number of amides is 1. The van der Waals surface area contributed by atoms with Gasteiger partial charge in [-0.1, -0.05) is 5.16 Å². The fourth-order valence-corrected chi connectivity index (χ4v) is 2.12. The molecule has 1 unspecified atom stereocenters. The molecule has 0 radical (unpaired) electrons. The van der Waals surface area contributed by atoms with E-state index in [9.17, 15) is 4.79 Å². The Morgan fingerprint density at radius 1 is 1.53 bits per heavy atom. The van der Waals surface area contributed by atoms with Gasteiger partial charge in [-0.3, -0.25) is 9.69 Å². The van der Waals surface area contributed by atoms with E-state index in [0.717, 1.165) is 26.2 Å². The van der Waals surface area contributed by atoms with Crippen LogP contribution in [0.1, 0.15) is 18.6 Å². The molecule has 1 atom stereocenters. The van der Waals surface area contributed by atoms with Crippen molar-refractivity contribution >= 4 is 5.91 Å². The number of piperazine rings is 1. The number of nitrogens with zero attached hydrogens (tertiary/aromatic N) is 3. The summed E-state index contributed by atoms with van der Waals surface area (Å²) in [6, 6.07) is -0.0888. The van der Waals surface area contributed by atoms with Crippen molar-refractivity contribution in [3.8, 4) is 0 Å². The van der Waals surface area contributed by atoms with Gasteiger partial charge in [0.2, 0.25) is 11.8 Å². The van der Waals surface area contributed by atoms with Crippen LogP contribution in [-0.4, -0.2) is 59.7 Å². The van der Waals surface area contributed by atoms with Crippen molar-refractivity contribution in [3.63, 3.8) is 0 Å². The van der Waals surface area contributed by atoms with Crippen LogP contribution < -0.4 is 10.6 Å². The summed E-state index contributed by atoms with van der Waals surface area (Å²) < 4.78 is 4.88. The lowest BCUT2D eigenvalue weighted by Gasteiger charge is -2.31. The van der Waals surface area contributed by atoms with E-state index >= 15 is 0 Å². The third-order valence-corrected chi connectivity index (χ3v) is 3.30. The van der Waals surface area contributed by atoms with E-state index in [1.807, 2.05) is 6.92 Å². The van der Waals surface area contributed by atoms with Crippen LogP contribution in [0, 0.1) is 6.92 Å². The predicted octanol–water partition coefficient (Wildman–Crippen LogP) is -0.670. The molecule has 1 fully saturated rings. The molecule has 2 N–H and O–H groups in total. The molecule has 1 amide bonds. The molecule has 0 saturated carbocycles. The maximum atomic E-state index is 12.0. The molecule has 0 bridgehead atoms. The molecule has 2 heterocycles. The fourth-order valence-electron chi connectivity index (χ4n) is 2.12. The fraction of sp³-hybridized carbons (Fsp3) is 0.750. The lowest BCUT2D eigenvalue weighted by atomic mass is 10.2. The van der Waals surface area contributed by atoms with Gasteiger partial charge in [-0.05, 0) is 6.92 Å². The van der Waals surface area contributed by atoms with E-state index in [1.54, 1.807) is 6.92 Å². The van der Waals surface area contributed by atoms with Crippen molar-refractivity contribution in [1.29, 1.82) is 0 Å². The monoisotopic (exact) mass is 267 g/mol. The molecule has 19 heavy (non-hydrogen) atoms. The molecule has 1 aromatic heterocycles. The minimum atomic E-state index is -0.0888. The van der Waals surface area contributed by atoms with Crippen LogP contribution in [0.3, 0.4) is 0 Å². The first kappa shape index (κ1) is 14.0. The minimum Gasteiger partial charge on any atom is -0.354 e. The number of rotatable bonds is 5. The summed E-state index contributed by atoms with van der Waals surface area (Å²) in [5.41, 5.74) is 0. The first-order chi connectivity index (χ1) is 9.16. The van der Waals surface area contributed by atoms with Crippen LogP contribution in [0.5, 0.6) is 0 Å². The van der Waals surface area contributed by atoms with Crippen LogP contribution in [0.15, 0.2) is 4.52 Å². The minimum absolute atomic E-state index is 0.0575. The average Bonchev–Trinajstić information content (AvgIpc) is 2.84. The SMILES string of the molecule is Cc1nc(CCNC(=O)C(C)N2CCNCC2)no1. The highest BCUT2D eigenvalue weighted by atomic mass is 16.5. The highest BCUT2D eigenvalue weighted by Crippen LogP contribution is 2.01. The predicted molar refractivity (Wildman–Crippen MR) is 69.7 cm³/mol. The maximum absolute atomic E-state index is 12.0. The van der Waals surface area contributed by atoms with Crippen LogP contribution in [-0.2, 0) is 11.2 Å². The molecule has 1 aromatic rings. The third kappa shape index (κ3) is 4.00. The zero-order chi connectivity index (χ0) is 13.7. The van der Waals surface area contributed by atoms with Gasteiger partial charge in [0.15, 0.2) is 5.82 Å². The number of aryl methyl sites for hydroxylation is 1. The van der Waals surface area contributed by atoms with Crippen molar-refractivity contribution in [2.45, 2.75) is 26.3 Å². The molecule has 7 heteroatoms. The number of nitrogens with one attached hydrogen (secondary N) is 2. The van der Waals surface area contributed by atoms with Crippen molar-refractivity contribution in [2.75, 3.05) is 32.7 Å². The summed E-state index contributed by atoms with van der Waals surface area (Å²) in [4.78, 5) is 18.3. The smallest absolute Gasteiger partial charge is 0.237 e. The second-order valence-corrected chi connectivity index (χ2v) is 4.73. The van der Waals surface area contributed by atoms with E-state index in [-0.39, 0.29) is 11.9 Å². The number of aromatic nitrogens is 2. The van der Waals surface area contributed by atoms with Gasteiger partial charge in [0, 0.05) is 46.1 Å². The summed E-state index contributed by atoms with van der Waals surface area (Å²) in [5, 5.41) is 9.98. The summed E-state index contributed by atoms with van der Waals surface area (Å²) in [7, 11) is 0. The van der Waals surface area contributed by atoms with E-state index in [2.05, 4.69) is 25.7 Å². The molecule has 1 aliphatic rings. The van der Waals surface area contributed by atoms with Crippen molar-refractivity contribution in [1.82, 2.24) is 25.7 Å². The third-order valence-electron chi connectivity index (χ3n) is 3.30. The number of carbonyl (C=O) groups is 1. The van der Waals surface area contributed by atoms with Crippen LogP contribution >= 0.6 is 0 Å². The van der Waals surface area contributed by atoms with Gasteiger partial charge in [-0.15, -0.1) is 0 Å². The Hall–Kier alpha value is -1.47. The molecule has 0 aromatic carbocycles. The van der Waals surface area contributed by atoms with E-state index in [4.69, 9.17) is 4.52 Å². The Morgan fingerprint density at radius 2 is 2.26 bits per heavy atom. The highest BCUT2D eigenvalue weighted by molar-refractivity contribution is 5.81. The molecule has 0 aliphatic carbocycles. The maximum Gasteiger partial charge on any atom is 0.237 e. The van der Waals surface area contributed by atoms with Crippen LogP contribution in [0.25, 0.3) is 0 Å². The lowest BCUT2D eigenvalue weighted by molar-refractivity contribution is -0.126. The summed E-state index contributed by atoms with van der Waals surface area (Å²) in [6.45, 7) is 7.95. The largest absolute Gasteiger partial charge is 0.354 e. The second-order valence-electron chi connectivity index (χ2n) is 4.73. The number of hydrogen-bond donors (Lipinski definition) is 2. The Bertz CT molecular complexity index is 414. The van der Waals surface area contributed by atoms with Gasteiger partial charge in [0.05, 0.1) is 6.04 Å². The Kier molecular flexibility index (Phi) is 4.86. The van der Waals surface area contributed by atoms with E-state index in [0.29, 0.717) is 24.7 Å². The van der Waals surface area contributed by atoms with Crippen molar-refractivity contribution in [3.05, 3.63) is 11.7 Å². The molecule has 7 nitrogen and oxygen atoms in total. The molecule has 106 valence electrons. The zero-order valence-corrected chi connectivity index (χ0v) is 11.5. The topological polar surface area (TPSA) is 83.3 Å². The number of carbonyl (C=O) groups excluding carboxylic acids is 1. The summed E-state index contributed by atoms with van der Waals surface area (Å²) in [6.07, 6.45) is 0.595. The number of hydrogen-bond acceptors (Lipinski definition) is 6. The van der Waals surface area contributed by atoms with Gasteiger partial charge in [0.1, 0.15) is 0 Å². The Balaban J connectivity index is 1.71. The lowest BCUT2D eigenvalue weighted by Crippen LogP contribution is -2.52. The van der Waals surface area contributed by atoms with Gasteiger partial charge >= 0.3 is 0 Å². The van der Waals surface area contributed by atoms with Crippen LogP contribution in [0.4, 0.5) is 0 Å². The summed E-state index contributed by atoms with van der Waals surface area (Å²) >= 11 is 0. The highest BCUT2D eigenvalue weighted by Gasteiger charge is 2.22. The summed E-state index contributed by atoms with van der Waals surface area (Å²) in [5.74, 6) is 1.24. The van der Waals surface area contributed by atoms with Crippen molar-refractivity contribution < 1.29 is 9.32 Å². The van der Waals surface area contributed by atoms with Gasteiger partial charge in [-0.25, -0.2) is 0 Å². The van der Waals surface area contributed by atoms with Gasteiger partial charge < -0.3 is 15.2 Å². The normalized spacial score (nSPS) is 18.2. The molecular formula is C12H21N5O2. The Morgan fingerprint density at radius 3 is 2.89 bits per heavy atom. The first-order valence-corrected chi connectivity index (χ1v) is 6.68. The molecule has 2 rings (SSSR count). The molecule has 1 aliphatic heterocycles. The zero-order valence-electron chi connectivity index (χ0n) is 11.5. The van der Waals surface area contributed by atoms with Crippen LogP contribution in [0.2, 0.25) is 0 Å². The van der Waals surface area contributed by atoms with E-state index < -0.39 is 0 Å². The average molecular weight is 267 g/mol. The Labute approximate surface area is 112 Å².